The van der Waals surface area contributed by atoms with Crippen LogP contribution in [0.15, 0.2) is 12.1 Å². The Morgan fingerprint density at radius 2 is 2.00 bits per heavy atom. The van der Waals surface area contributed by atoms with Gasteiger partial charge in [0.05, 0.1) is 0 Å². The molecule has 70 valence electrons. The molecule has 0 bridgehead atoms. The van der Waals surface area contributed by atoms with Gasteiger partial charge in [0, 0.05) is 17.5 Å². The lowest BCUT2D eigenvalue weighted by atomic mass is 9.92. The van der Waals surface area contributed by atoms with Gasteiger partial charge in [-0.05, 0) is 30.0 Å². The number of nitrogens with two attached hydrogens (primary N) is 1. The van der Waals surface area contributed by atoms with Crippen molar-refractivity contribution in [1.29, 1.82) is 5.41 Å². The van der Waals surface area contributed by atoms with E-state index in [0.717, 1.165) is 5.56 Å². The number of rotatable bonds is 2. The summed E-state index contributed by atoms with van der Waals surface area (Å²) >= 11 is 0. The summed E-state index contributed by atoms with van der Waals surface area (Å²) in [5.74, 6) is 0.417. The fraction of sp³-hybridized carbons (Fsp3) is 0.364. The number of nitrogen functional groups attached to an aromatic ring is 1. The van der Waals surface area contributed by atoms with Crippen LogP contribution in [0.3, 0.4) is 0 Å². The van der Waals surface area contributed by atoms with Crippen molar-refractivity contribution in [3.8, 4) is 0 Å². The molecule has 0 aromatic heterocycles. The Hall–Kier alpha value is -1.31. The number of benzene rings is 1. The van der Waals surface area contributed by atoms with E-state index < -0.39 is 0 Å². The SMILES string of the molecule is Cc1ccc(N)c(C=N)c1C(C)C. The van der Waals surface area contributed by atoms with Crippen LogP contribution in [0.1, 0.15) is 36.5 Å². The predicted molar refractivity (Wildman–Crippen MR) is 57.6 cm³/mol. The summed E-state index contributed by atoms with van der Waals surface area (Å²) in [4.78, 5) is 0. The molecule has 0 aliphatic carbocycles. The molecule has 0 saturated carbocycles. The van der Waals surface area contributed by atoms with E-state index in [2.05, 4.69) is 20.8 Å². The first kappa shape index (κ1) is 9.78. The molecule has 0 aliphatic rings. The Labute approximate surface area is 79.3 Å². The van der Waals surface area contributed by atoms with Crippen LogP contribution >= 0.6 is 0 Å². The van der Waals surface area contributed by atoms with E-state index in [9.17, 15) is 0 Å². The normalized spacial score (nSPS) is 10.5. The highest BCUT2D eigenvalue weighted by Crippen LogP contribution is 2.26. The lowest BCUT2D eigenvalue weighted by molar-refractivity contribution is 0.855. The van der Waals surface area contributed by atoms with E-state index in [1.165, 1.54) is 17.3 Å². The molecule has 0 heterocycles. The van der Waals surface area contributed by atoms with Crippen molar-refractivity contribution >= 4 is 11.9 Å². The highest BCUT2D eigenvalue weighted by molar-refractivity contribution is 5.87. The van der Waals surface area contributed by atoms with Crippen molar-refractivity contribution in [2.24, 2.45) is 0 Å². The van der Waals surface area contributed by atoms with Crippen molar-refractivity contribution in [3.05, 3.63) is 28.8 Å². The maximum absolute atomic E-state index is 7.31. The number of aryl methyl sites for hydroxylation is 1. The smallest absolute Gasteiger partial charge is 0.0406 e. The van der Waals surface area contributed by atoms with Gasteiger partial charge in [-0.1, -0.05) is 19.9 Å². The lowest BCUT2D eigenvalue weighted by Gasteiger charge is -2.14. The van der Waals surface area contributed by atoms with Crippen LogP contribution in [-0.4, -0.2) is 6.21 Å². The Balaban J connectivity index is 3.43. The number of nitrogens with one attached hydrogen (secondary N) is 1. The molecule has 2 nitrogen and oxygen atoms in total. The van der Waals surface area contributed by atoms with Gasteiger partial charge in [0.15, 0.2) is 0 Å². The van der Waals surface area contributed by atoms with E-state index in [1.54, 1.807) is 0 Å². The quantitative estimate of drug-likeness (QED) is 0.528. The molecular formula is C11H16N2. The van der Waals surface area contributed by atoms with E-state index >= 15 is 0 Å². The molecule has 0 aliphatic heterocycles. The molecule has 2 heteroatoms. The van der Waals surface area contributed by atoms with Gasteiger partial charge in [-0.3, -0.25) is 0 Å². The Morgan fingerprint density at radius 1 is 1.38 bits per heavy atom. The fourth-order valence-corrected chi connectivity index (χ4v) is 1.69. The number of anilines is 1. The summed E-state index contributed by atoms with van der Waals surface area (Å²) in [6.45, 7) is 6.30. The molecule has 1 aromatic rings. The summed E-state index contributed by atoms with van der Waals surface area (Å²) in [7, 11) is 0. The van der Waals surface area contributed by atoms with Crippen molar-refractivity contribution in [2.75, 3.05) is 5.73 Å². The van der Waals surface area contributed by atoms with Crippen LogP contribution in [-0.2, 0) is 0 Å². The largest absolute Gasteiger partial charge is 0.398 e. The summed E-state index contributed by atoms with van der Waals surface area (Å²) in [6.07, 6.45) is 1.34. The van der Waals surface area contributed by atoms with Gasteiger partial charge in [0.1, 0.15) is 0 Å². The van der Waals surface area contributed by atoms with E-state index in [1.807, 2.05) is 12.1 Å². The van der Waals surface area contributed by atoms with Crippen molar-refractivity contribution in [2.45, 2.75) is 26.7 Å². The van der Waals surface area contributed by atoms with Crippen LogP contribution in [0.4, 0.5) is 5.69 Å². The fourth-order valence-electron chi connectivity index (χ4n) is 1.69. The highest BCUT2D eigenvalue weighted by atomic mass is 14.6. The molecule has 0 atom stereocenters. The first-order valence-corrected chi connectivity index (χ1v) is 4.47. The third-order valence-corrected chi connectivity index (χ3v) is 2.26. The predicted octanol–water partition coefficient (Wildman–Crippen LogP) is 2.70. The second-order valence-corrected chi connectivity index (χ2v) is 3.60. The zero-order chi connectivity index (χ0) is 10.0. The molecule has 0 fully saturated rings. The lowest BCUT2D eigenvalue weighted by Crippen LogP contribution is -2.03. The maximum atomic E-state index is 7.31. The second-order valence-electron chi connectivity index (χ2n) is 3.60. The van der Waals surface area contributed by atoms with Gasteiger partial charge < -0.3 is 11.1 Å². The molecule has 0 unspecified atom stereocenters. The average molecular weight is 176 g/mol. The molecular weight excluding hydrogens is 160 g/mol. The summed E-state index contributed by atoms with van der Waals surface area (Å²) in [5.41, 5.74) is 9.76. The molecule has 0 saturated heterocycles. The van der Waals surface area contributed by atoms with E-state index in [-0.39, 0.29) is 0 Å². The third-order valence-electron chi connectivity index (χ3n) is 2.26. The van der Waals surface area contributed by atoms with Crippen molar-refractivity contribution in [3.63, 3.8) is 0 Å². The Bertz CT molecular complexity index is 327. The summed E-state index contributed by atoms with van der Waals surface area (Å²) in [5, 5.41) is 7.31. The molecule has 1 aromatic carbocycles. The van der Waals surface area contributed by atoms with Gasteiger partial charge in [-0.25, -0.2) is 0 Å². The van der Waals surface area contributed by atoms with Crippen LogP contribution < -0.4 is 5.73 Å². The van der Waals surface area contributed by atoms with E-state index in [4.69, 9.17) is 11.1 Å². The highest BCUT2D eigenvalue weighted by Gasteiger charge is 2.10. The first-order valence-electron chi connectivity index (χ1n) is 4.47. The van der Waals surface area contributed by atoms with Crippen LogP contribution in [0.25, 0.3) is 0 Å². The minimum Gasteiger partial charge on any atom is -0.398 e. The number of hydrogen-bond acceptors (Lipinski definition) is 2. The minimum absolute atomic E-state index is 0.417. The maximum Gasteiger partial charge on any atom is 0.0406 e. The molecule has 0 spiro atoms. The van der Waals surface area contributed by atoms with Crippen molar-refractivity contribution < 1.29 is 0 Å². The number of hydrogen-bond donors (Lipinski definition) is 2. The molecule has 13 heavy (non-hydrogen) atoms. The molecule has 3 N–H and O–H groups in total. The molecule has 0 radical (unpaired) electrons. The topological polar surface area (TPSA) is 49.9 Å². The average Bonchev–Trinajstić information content (AvgIpc) is 2.07. The third kappa shape index (κ3) is 1.72. The summed E-state index contributed by atoms with van der Waals surface area (Å²) < 4.78 is 0. The van der Waals surface area contributed by atoms with Crippen LogP contribution in [0, 0.1) is 12.3 Å². The Kier molecular flexibility index (Phi) is 2.71. The zero-order valence-corrected chi connectivity index (χ0v) is 8.39. The van der Waals surface area contributed by atoms with Gasteiger partial charge >= 0.3 is 0 Å². The minimum atomic E-state index is 0.417. The van der Waals surface area contributed by atoms with Gasteiger partial charge in [-0.2, -0.15) is 0 Å². The summed E-state index contributed by atoms with van der Waals surface area (Å²) in [6, 6.07) is 3.87. The van der Waals surface area contributed by atoms with E-state index in [0.29, 0.717) is 11.6 Å². The van der Waals surface area contributed by atoms with Crippen molar-refractivity contribution in [1.82, 2.24) is 0 Å². The van der Waals surface area contributed by atoms with Crippen LogP contribution in [0.2, 0.25) is 0 Å². The van der Waals surface area contributed by atoms with Gasteiger partial charge in [-0.15, -0.1) is 0 Å². The van der Waals surface area contributed by atoms with Crippen LogP contribution in [0.5, 0.6) is 0 Å². The first-order chi connectivity index (χ1) is 6.07. The second kappa shape index (κ2) is 3.60. The zero-order valence-electron chi connectivity index (χ0n) is 8.39. The molecule has 1 rings (SSSR count). The Morgan fingerprint density at radius 3 is 2.38 bits per heavy atom. The standard InChI is InChI=1S/C11H16N2/c1-7(2)11-8(3)4-5-10(13)9(11)6-12/h4-7,12H,13H2,1-3H3. The van der Waals surface area contributed by atoms with Gasteiger partial charge in [0.25, 0.3) is 0 Å². The molecule has 0 amide bonds. The van der Waals surface area contributed by atoms with Gasteiger partial charge in [0.2, 0.25) is 0 Å². The monoisotopic (exact) mass is 176 g/mol.